The molecule has 2 N–H and O–H groups in total. The number of hydrogen-bond donors (Lipinski definition) is 2. The highest BCUT2D eigenvalue weighted by atomic mass is 16.7. The largest absolute Gasteiger partial charge is 0.505 e. The van der Waals surface area contributed by atoms with Gasteiger partial charge in [0, 0.05) is 5.56 Å². The lowest BCUT2D eigenvalue weighted by atomic mass is 10.1. The van der Waals surface area contributed by atoms with E-state index < -0.39 is 11.5 Å². The molecule has 1 aliphatic heterocycles. The average Bonchev–Trinajstić information content (AvgIpc) is 3.06. The third-order valence-electron chi connectivity index (χ3n) is 3.66. The molecule has 7 heteroatoms. The van der Waals surface area contributed by atoms with Crippen LogP contribution in [0.25, 0.3) is 11.0 Å². The molecule has 0 fully saturated rings. The SMILES string of the molecule is O=C(Nc1c(O)c2ccccc2oc1=O)c1ccc2c(c1)OCO2. The number of fused-ring (bicyclic) bond motifs is 2. The van der Waals surface area contributed by atoms with Gasteiger partial charge < -0.3 is 24.3 Å². The van der Waals surface area contributed by atoms with Crippen LogP contribution in [0.15, 0.2) is 51.7 Å². The zero-order valence-corrected chi connectivity index (χ0v) is 12.2. The van der Waals surface area contributed by atoms with Gasteiger partial charge in [0.2, 0.25) is 6.79 Å². The summed E-state index contributed by atoms with van der Waals surface area (Å²) in [5, 5.41) is 13.0. The second-order valence-corrected chi connectivity index (χ2v) is 5.13. The Morgan fingerprint density at radius 3 is 2.75 bits per heavy atom. The average molecular weight is 325 g/mol. The normalized spacial score (nSPS) is 12.3. The molecule has 0 saturated carbocycles. The smallest absolute Gasteiger partial charge is 0.364 e. The van der Waals surface area contributed by atoms with Crippen molar-refractivity contribution in [2.75, 3.05) is 12.1 Å². The van der Waals surface area contributed by atoms with Crippen LogP contribution in [-0.2, 0) is 0 Å². The number of carbonyl (C=O) groups is 1. The minimum atomic E-state index is -0.833. The zero-order valence-electron chi connectivity index (χ0n) is 12.2. The molecule has 1 aromatic heterocycles. The van der Waals surface area contributed by atoms with E-state index in [0.29, 0.717) is 16.9 Å². The molecule has 1 aliphatic rings. The Bertz CT molecular complexity index is 1020. The first-order chi connectivity index (χ1) is 11.6. The van der Waals surface area contributed by atoms with Crippen molar-refractivity contribution in [3.05, 3.63) is 58.4 Å². The molecule has 7 nitrogen and oxygen atoms in total. The van der Waals surface area contributed by atoms with E-state index in [0.717, 1.165) is 0 Å². The number of rotatable bonds is 2. The molecule has 0 atom stereocenters. The van der Waals surface area contributed by atoms with E-state index in [4.69, 9.17) is 13.9 Å². The van der Waals surface area contributed by atoms with Gasteiger partial charge in [-0.1, -0.05) is 12.1 Å². The lowest BCUT2D eigenvalue weighted by molar-refractivity contribution is 0.102. The number of para-hydroxylation sites is 1. The summed E-state index contributed by atoms with van der Waals surface area (Å²) < 4.78 is 15.5. The van der Waals surface area contributed by atoms with Crippen LogP contribution in [0.3, 0.4) is 0 Å². The maximum absolute atomic E-state index is 12.4. The van der Waals surface area contributed by atoms with Gasteiger partial charge in [0.05, 0.1) is 5.39 Å². The highest BCUT2D eigenvalue weighted by Gasteiger charge is 2.20. The van der Waals surface area contributed by atoms with Crippen LogP contribution in [0.2, 0.25) is 0 Å². The molecule has 1 amide bonds. The highest BCUT2D eigenvalue weighted by Crippen LogP contribution is 2.33. The number of amides is 1. The summed E-state index contributed by atoms with van der Waals surface area (Å²) >= 11 is 0. The Hall–Kier alpha value is -3.48. The van der Waals surface area contributed by atoms with Crippen molar-refractivity contribution in [3.63, 3.8) is 0 Å². The molecule has 0 radical (unpaired) electrons. The summed E-state index contributed by atoms with van der Waals surface area (Å²) in [6.45, 7) is 0.0927. The molecule has 0 spiro atoms. The Balaban J connectivity index is 1.71. The summed E-state index contributed by atoms with van der Waals surface area (Å²) in [5.41, 5.74) is -0.649. The zero-order chi connectivity index (χ0) is 16.7. The van der Waals surface area contributed by atoms with Gasteiger partial charge in [-0.3, -0.25) is 4.79 Å². The van der Waals surface area contributed by atoms with E-state index in [1.807, 2.05) is 0 Å². The van der Waals surface area contributed by atoms with Crippen molar-refractivity contribution in [2.45, 2.75) is 0 Å². The van der Waals surface area contributed by atoms with Crippen LogP contribution < -0.4 is 20.4 Å². The molecule has 24 heavy (non-hydrogen) atoms. The fourth-order valence-electron chi connectivity index (χ4n) is 2.47. The number of ether oxygens (including phenoxy) is 2. The molecule has 0 aliphatic carbocycles. The molecule has 0 unspecified atom stereocenters. The standard InChI is InChI=1S/C17H11NO6/c19-15-10-3-1-2-4-11(10)24-17(21)14(15)18-16(20)9-5-6-12-13(7-9)23-8-22-12/h1-7,19H,8H2,(H,18,20). The van der Waals surface area contributed by atoms with Crippen LogP contribution >= 0.6 is 0 Å². The van der Waals surface area contributed by atoms with E-state index in [1.165, 1.54) is 12.1 Å². The lowest BCUT2D eigenvalue weighted by Gasteiger charge is -2.08. The first kappa shape index (κ1) is 14.1. The first-order valence-corrected chi connectivity index (χ1v) is 7.09. The summed E-state index contributed by atoms with van der Waals surface area (Å²) in [6, 6.07) is 11.1. The van der Waals surface area contributed by atoms with E-state index in [-0.39, 0.29) is 29.4 Å². The monoisotopic (exact) mass is 325 g/mol. The number of carbonyl (C=O) groups excluding carboxylic acids is 1. The van der Waals surface area contributed by atoms with Crippen LogP contribution in [0, 0.1) is 0 Å². The number of aromatic hydroxyl groups is 1. The van der Waals surface area contributed by atoms with Gasteiger partial charge in [0.1, 0.15) is 5.58 Å². The summed E-state index contributed by atoms with van der Waals surface area (Å²) in [6.07, 6.45) is 0. The van der Waals surface area contributed by atoms with Gasteiger partial charge in [-0.15, -0.1) is 0 Å². The molecule has 2 aromatic carbocycles. The number of benzene rings is 2. The molecule has 3 aromatic rings. The topological polar surface area (TPSA) is 98.0 Å². The molecular weight excluding hydrogens is 314 g/mol. The quantitative estimate of drug-likeness (QED) is 0.702. The molecule has 0 bridgehead atoms. The van der Waals surface area contributed by atoms with Crippen molar-refractivity contribution in [1.82, 2.24) is 0 Å². The fourth-order valence-corrected chi connectivity index (χ4v) is 2.47. The van der Waals surface area contributed by atoms with Crippen molar-refractivity contribution in [1.29, 1.82) is 0 Å². The molecule has 4 rings (SSSR count). The van der Waals surface area contributed by atoms with E-state index in [2.05, 4.69) is 5.32 Å². The minimum Gasteiger partial charge on any atom is -0.505 e. The van der Waals surface area contributed by atoms with Gasteiger partial charge in [0.15, 0.2) is 22.9 Å². The predicted octanol–water partition coefficient (Wildman–Crippen LogP) is 2.48. The Labute approximate surface area is 135 Å². The highest BCUT2D eigenvalue weighted by molar-refractivity contribution is 6.06. The maximum atomic E-state index is 12.4. The van der Waals surface area contributed by atoms with Crippen molar-refractivity contribution in [2.24, 2.45) is 0 Å². The third kappa shape index (κ3) is 2.23. The van der Waals surface area contributed by atoms with Gasteiger partial charge in [-0.2, -0.15) is 0 Å². The van der Waals surface area contributed by atoms with Crippen LogP contribution in [0.5, 0.6) is 17.2 Å². The molecule has 120 valence electrons. The molecule has 0 saturated heterocycles. The van der Waals surface area contributed by atoms with Crippen molar-refractivity contribution in [3.8, 4) is 17.2 Å². The number of hydrogen-bond acceptors (Lipinski definition) is 6. The summed E-state index contributed by atoms with van der Waals surface area (Å²) in [4.78, 5) is 24.4. The van der Waals surface area contributed by atoms with Crippen molar-refractivity contribution >= 4 is 22.6 Å². The van der Waals surface area contributed by atoms with Gasteiger partial charge in [0.25, 0.3) is 5.91 Å². The minimum absolute atomic E-state index is 0.0927. The van der Waals surface area contributed by atoms with Crippen LogP contribution in [0.4, 0.5) is 5.69 Å². The van der Waals surface area contributed by atoms with E-state index in [9.17, 15) is 14.7 Å². The van der Waals surface area contributed by atoms with Crippen molar-refractivity contribution < 1.29 is 23.8 Å². The van der Waals surface area contributed by atoms with Crippen LogP contribution in [-0.4, -0.2) is 17.8 Å². The Morgan fingerprint density at radius 2 is 1.88 bits per heavy atom. The van der Waals surface area contributed by atoms with E-state index in [1.54, 1.807) is 30.3 Å². The Kier molecular flexibility index (Phi) is 3.13. The van der Waals surface area contributed by atoms with Gasteiger partial charge in [-0.05, 0) is 30.3 Å². The summed E-state index contributed by atoms with van der Waals surface area (Å²) in [5.74, 6) is 0.0687. The molecule has 2 heterocycles. The Morgan fingerprint density at radius 1 is 1.08 bits per heavy atom. The lowest BCUT2D eigenvalue weighted by Crippen LogP contribution is -2.18. The third-order valence-corrected chi connectivity index (χ3v) is 3.66. The molecular formula is C17H11NO6. The van der Waals surface area contributed by atoms with E-state index >= 15 is 0 Å². The first-order valence-electron chi connectivity index (χ1n) is 7.09. The number of nitrogens with one attached hydrogen (secondary N) is 1. The van der Waals surface area contributed by atoms with Gasteiger partial charge in [-0.25, -0.2) is 4.79 Å². The van der Waals surface area contributed by atoms with Gasteiger partial charge >= 0.3 is 5.63 Å². The second kappa shape index (κ2) is 5.31. The maximum Gasteiger partial charge on any atom is 0.364 e. The summed E-state index contributed by atoms with van der Waals surface area (Å²) in [7, 11) is 0. The number of anilines is 1. The fraction of sp³-hybridized carbons (Fsp3) is 0.0588. The second-order valence-electron chi connectivity index (χ2n) is 5.13. The predicted molar refractivity (Wildman–Crippen MR) is 84.7 cm³/mol. The van der Waals surface area contributed by atoms with Crippen LogP contribution in [0.1, 0.15) is 10.4 Å².